The molecule has 1 aliphatic rings. The second kappa shape index (κ2) is 5.28. The lowest BCUT2D eigenvalue weighted by Gasteiger charge is -2.13. The van der Waals surface area contributed by atoms with Crippen molar-refractivity contribution in [2.24, 2.45) is 0 Å². The van der Waals surface area contributed by atoms with Crippen LogP contribution < -0.4 is 5.32 Å². The first-order valence-corrected chi connectivity index (χ1v) is 6.88. The van der Waals surface area contributed by atoms with Crippen molar-refractivity contribution >= 4 is 18.0 Å². The predicted octanol–water partition coefficient (Wildman–Crippen LogP) is 3.83. The van der Waals surface area contributed by atoms with Crippen LogP contribution in [0, 0.1) is 16.4 Å². The van der Waals surface area contributed by atoms with E-state index in [2.05, 4.69) is 15.3 Å². The number of H-pyrrole nitrogens is 1. The molecule has 0 fully saturated rings. The summed E-state index contributed by atoms with van der Waals surface area (Å²) in [5.41, 5.74) is 1.81. The maximum atomic E-state index is 14.0. The van der Waals surface area contributed by atoms with Gasteiger partial charge in [-0.3, -0.25) is 0 Å². The molecular weight excluding hydrogens is 280 g/mol. The summed E-state index contributed by atoms with van der Waals surface area (Å²) in [6.45, 7) is 0.824. The summed E-state index contributed by atoms with van der Waals surface area (Å²) in [4.78, 5) is 7.20. The maximum absolute atomic E-state index is 14.0. The zero-order valence-corrected chi connectivity index (χ0v) is 11.5. The summed E-state index contributed by atoms with van der Waals surface area (Å²) >= 11 is 5.10. The van der Waals surface area contributed by atoms with Gasteiger partial charge in [-0.25, -0.2) is 13.8 Å². The number of nitrogens with one attached hydrogen (secondary N) is 2. The Hall–Kier alpha value is -1.82. The van der Waals surface area contributed by atoms with Crippen molar-refractivity contribution in [3.63, 3.8) is 0 Å². The summed E-state index contributed by atoms with van der Waals surface area (Å²) in [6.07, 6.45) is 2.80. The van der Waals surface area contributed by atoms with E-state index >= 15 is 0 Å². The topological polar surface area (TPSA) is 40.7 Å². The van der Waals surface area contributed by atoms with E-state index in [0.29, 0.717) is 17.1 Å². The zero-order valence-electron chi connectivity index (χ0n) is 10.7. The highest BCUT2D eigenvalue weighted by Gasteiger charge is 2.17. The molecule has 2 heterocycles. The van der Waals surface area contributed by atoms with Crippen molar-refractivity contribution in [1.82, 2.24) is 9.97 Å². The molecule has 2 aromatic rings. The first-order chi connectivity index (χ1) is 9.65. The molecule has 0 unspecified atom stereocenters. The minimum Gasteiger partial charge on any atom is -0.370 e. The van der Waals surface area contributed by atoms with Crippen LogP contribution in [0.3, 0.4) is 0 Å². The number of anilines is 1. The van der Waals surface area contributed by atoms with Gasteiger partial charge >= 0.3 is 0 Å². The van der Waals surface area contributed by atoms with Crippen LogP contribution in [0.4, 0.5) is 14.6 Å². The van der Waals surface area contributed by atoms with Crippen molar-refractivity contribution in [3.05, 3.63) is 40.2 Å². The van der Waals surface area contributed by atoms with Crippen molar-refractivity contribution < 1.29 is 8.78 Å². The smallest absolute Gasteiger partial charge is 0.199 e. The van der Waals surface area contributed by atoms with Gasteiger partial charge in [0.1, 0.15) is 17.5 Å². The van der Waals surface area contributed by atoms with Crippen LogP contribution in [0.5, 0.6) is 0 Å². The lowest BCUT2D eigenvalue weighted by atomic mass is 10.0. The minimum atomic E-state index is -0.603. The molecule has 0 spiro atoms. The first-order valence-electron chi connectivity index (χ1n) is 6.47. The largest absolute Gasteiger partial charge is 0.370 e. The quantitative estimate of drug-likeness (QED) is 0.785. The predicted molar refractivity (Wildman–Crippen MR) is 76.2 cm³/mol. The average Bonchev–Trinajstić information content (AvgIpc) is 2.63. The molecule has 1 aromatic carbocycles. The number of benzene rings is 1. The SMILES string of the molecule is Fc1ccc(-c2[nH]c(=S)nc3c2CCCCN3)c(F)c1. The molecule has 2 N–H and O–H groups in total. The third kappa shape index (κ3) is 2.43. The first kappa shape index (κ1) is 13.2. The van der Waals surface area contributed by atoms with Gasteiger partial charge in [0.15, 0.2) is 4.77 Å². The Kier molecular flexibility index (Phi) is 3.48. The Morgan fingerprint density at radius 3 is 2.85 bits per heavy atom. The zero-order chi connectivity index (χ0) is 14.1. The Morgan fingerprint density at radius 1 is 1.20 bits per heavy atom. The highest BCUT2D eigenvalue weighted by atomic mass is 32.1. The number of aromatic nitrogens is 2. The van der Waals surface area contributed by atoms with Crippen molar-refractivity contribution in [3.8, 4) is 11.3 Å². The Balaban J connectivity index is 2.22. The lowest BCUT2D eigenvalue weighted by molar-refractivity contribution is 0.585. The molecule has 1 aromatic heterocycles. The Bertz CT molecular complexity index is 712. The van der Waals surface area contributed by atoms with E-state index in [-0.39, 0.29) is 4.77 Å². The minimum absolute atomic E-state index is 0.289. The van der Waals surface area contributed by atoms with E-state index in [1.165, 1.54) is 12.1 Å². The highest BCUT2D eigenvalue weighted by molar-refractivity contribution is 7.71. The number of hydrogen-bond acceptors (Lipinski definition) is 3. The number of rotatable bonds is 1. The fourth-order valence-corrected chi connectivity index (χ4v) is 2.64. The van der Waals surface area contributed by atoms with E-state index in [1.54, 1.807) is 0 Å². The molecule has 0 amide bonds. The van der Waals surface area contributed by atoms with Gasteiger partial charge in [-0.2, -0.15) is 0 Å². The summed E-state index contributed by atoms with van der Waals surface area (Å²) < 4.78 is 27.3. The molecule has 0 saturated heterocycles. The van der Waals surface area contributed by atoms with Crippen LogP contribution in [0.25, 0.3) is 11.3 Å². The number of aromatic amines is 1. The van der Waals surface area contributed by atoms with E-state index in [9.17, 15) is 8.78 Å². The monoisotopic (exact) mass is 293 g/mol. The van der Waals surface area contributed by atoms with E-state index in [0.717, 1.165) is 37.4 Å². The van der Waals surface area contributed by atoms with E-state index < -0.39 is 11.6 Å². The van der Waals surface area contributed by atoms with Gasteiger partial charge < -0.3 is 10.3 Å². The van der Waals surface area contributed by atoms with Gasteiger partial charge in [0.2, 0.25) is 0 Å². The van der Waals surface area contributed by atoms with Crippen LogP contribution in [0.1, 0.15) is 18.4 Å². The van der Waals surface area contributed by atoms with Gasteiger partial charge in [-0.15, -0.1) is 0 Å². The van der Waals surface area contributed by atoms with Gasteiger partial charge in [-0.05, 0) is 43.6 Å². The standard InChI is InChI=1S/C14H13F2N3S/c15-8-4-5-9(11(16)7-8)12-10-3-1-2-6-17-13(10)19-14(20)18-12/h4-5,7H,1-3,6H2,(H2,17,18,19,20). The van der Waals surface area contributed by atoms with Gasteiger partial charge in [0, 0.05) is 23.7 Å². The second-order valence-electron chi connectivity index (χ2n) is 4.75. The van der Waals surface area contributed by atoms with Crippen molar-refractivity contribution in [1.29, 1.82) is 0 Å². The van der Waals surface area contributed by atoms with E-state index in [4.69, 9.17) is 12.2 Å². The summed E-state index contributed by atoms with van der Waals surface area (Å²) in [5, 5.41) is 3.21. The molecule has 1 aliphatic heterocycles. The summed E-state index contributed by atoms with van der Waals surface area (Å²) in [6, 6.07) is 3.55. The third-order valence-electron chi connectivity index (χ3n) is 3.38. The number of fused-ring (bicyclic) bond motifs is 1. The molecule has 0 bridgehead atoms. The van der Waals surface area contributed by atoms with Crippen LogP contribution in [0.2, 0.25) is 0 Å². The number of halogens is 2. The van der Waals surface area contributed by atoms with Crippen LogP contribution >= 0.6 is 12.2 Å². The molecule has 0 radical (unpaired) electrons. The van der Waals surface area contributed by atoms with Crippen molar-refractivity contribution in [2.75, 3.05) is 11.9 Å². The molecule has 0 saturated carbocycles. The average molecular weight is 293 g/mol. The highest BCUT2D eigenvalue weighted by Crippen LogP contribution is 2.31. The number of nitrogens with zero attached hydrogens (tertiary/aromatic N) is 1. The lowest BCUT2D eigenvalue weighted by Crippen LogP contribution is -2.05. The van der Waals surface area contributed by atoms with Gasteiger partial charge in [0.05, 0.1) is 5.69 Å². The second-order valence-corrected chi connectivity index (χ2v) is 5.14. The number of hydrogen-bond donors (Lipinski definition) is 2. The molecule has 3 nitrogen and oxygen atoms in total. The van der Waals surface area contributed by atoms with E-state index in [1.807, 2.05) is 0 Å². The Labute approximate surface area is 120 Å². The fraction of sp³-hybridized carbons (Fsp3) is 0.286. The normalized spacial score (nSPS) is 14.3. The molecule has 6 heteroatoms. The molecule has 0 atom stereocenters. The van der Waals surface area contributed by atoms with Gasteiger partial charge in [-0.1, -0.05) is 0 Å². The fourth-order valence-electron chi connectivity index (χ4n) is 2.44. The maximum Gasteiger partial charge on any atom is 0.199 e. The summed E-state index contributed by atoms with van der Waals surface area (Å²) in [5.74, 6) is -0.499. The summed E-state index contributed by atoms with van der Waals surface area (Å²) in [7, 11) is 0. The molecule has 104 valence electrons. The molecule has 0 aliphatic carbocycles. The Morgan fingerprint density at radius 2 is 2.05 bits per heavy atom. The third-order valence-corrected chi connectivity index (χ3v) is 3.57. The van der Waals surface area contributed by atoms with Crippen LogP contribution in [-0.4, -0.2) is 16.5 Å². The van der Waals surface area contributed by atoms with Crippen molar-refractivity contribution in [2.45, 2.75) is 19.3 Å². The van der Waals surface area contributed by atoms with Crippen LogP contribution in [-0.2, 0) is 6.42 Å². The molecular formula is C14H13F2N3S. The van der Waals surface area contributed by atoms with Crippen LogP contribution in [0.15, 0.2) is 18.2 Å². The molecule has 3 rings (SSSR count). The van der Waals surface area contributed by atoms with Gasteiger partial charge in [0.25, 0.3) is 0 Å². The molecule has 20 heavy (non-hydrogen) atoms.